The summed E-state index contributed by atoms with van der Waals surface area (Å²) in [7, 11) is 0. The fourth-order valence-electron chi connectivity index (χ4n) is 5.16. The van der Waals surface area contributed by atoms with Gasteiger partial charge in [0.2, 0.25) is 0 Å². The van der Waals surface area contributed by atoms with Crippen LogP contribution in [0.1, 0.15) is 25.3 Å². The van der Waals surface area contributed by atoms with E-state index in [9.17, 15) is 19.0 Å². The number of fused-ring (bicyclic) bond motifs is 3. The second-order valence-corrected chi connectivity index (χ2v) is 9.72. The third-order valence-corrected chi connectivity index (χ3v) is 6.93. The van der Waals surface area contributed by atoms with Gasteiger partial charge in [-0.05, 0) is 55.4 Å². The maximum atomic E-state index is 13.2. The minimum Gasteiger partial charge on any atom is -0.393 e. The van der Waals surface area contributed by atoms with Crippen molar-refractivity contribution in [2.24, 2.45) is 0 Å². The van der Waals surface area contributed by atoms with Crippen molar-refractivity contribution in [1.29, 1.82) is 0 Å². The van der Waals surface area contributed by atoms with E-state index in [1.165, 1.54) is 21.8 Å². The average Bonchev–Trinajstić information content (AvgIpc) is 3.28. The second kappa shape index (κ2) is 13.3. The molecule has 6 aromatic rings. The van der Waals surface area contributed by atoms with Crippen molar-refractivity contribution in [3.63, 3.8) is 0 Å². The van der Waals surface area contributed by atoms with Crippen LogP contribution in [0.3, 0.4) is 0 Å². The number of para-hydroxylation sites is 2. The number of hydrogen-bond donors (Lipinski definition) is 2. The molecular formula is C34H29F2N2O2Pt-. The summed E-state index contributed by atoms with van der Waals surface area (Å²) in [5, 5.41) is 22.5. The molecule has 2 heterocycles. The van der Waals surface area contributed by atoms with E-state index in [4.69, 9.17) is 0 Å². The Balaban J connectivity index is 0.000000219. The third-order valence-electron chi connectivity index (χ3n) is 6.93. The number of pyridine rings is 1. The standard InChI is InChI=1S/C23H23NO2.C11H6F2N.Pt/c1-15(25)23(16(2)26)17-11-13-18(14-12-17)24-21-9-5-3-7-19(21)20-8-4-6-10-22(20)24;12-8-4-5-9(10(13)7-8)11-3-1-2-6-14-11;/h3-16,23,25-26H,1-2H3;1-4,6-7H;/q;-1;. The average molecular weight is 731 g/mol. The predicted molar refractivity (Wildman–Crippen MR) is 155 cm³/mol. The Hall–Kier alpha value is -3.70. The zero-order valence-electron chi connectivity index (χ0n) is 22.5. The van der Waals surface area contributed by atoms with Crippen LogP contribution in [0.4, 0.5) is 8.78 Å². The van der Waals surface area contributed by atoms with Gasteiger partial charge in [-0.25, -0.2) is 0 Å². The minimum atomic E-state index is -0.649. The van der Waals surface area contributed by atoms with Crippen LogP contribution in [-0.4, -0.2) is 32.0 Å². The first-order valence-corrected chi connectivity index (χ1v) is 13.1. The van der Waals surface area contributed by atoms with Gasteiger partial charge in [0.15, 0.2) is 0 Å². The van der Waals surface area contributed by atoms with Crippen LogP contribution in [0.2, 0.25) is 0 Å². The summed E-state index contributed by atoms with van der Waals surface area (Å²) in [6, 6.07) is 34.5. The van der Waals surface area contributed by atoms with Gasteiger partial charge in [-0.1, -0.05) is 72.3 Å². The zero-order chi connectivity index (χ0) is 28.2. The molecule has 0 amide bonds. The quantitative estimate of drug-likeness (QED) is 0.181. The van der Waals surface area contributed by atoms with E-state index in [2.05, 4.69) is 76.3 Å². The molecule has 4 aromatic carbocycles. The molecule has 0 saturated heterocycles. The molecule has 0 aliphatic carbocycles. The molecule has 0 aliphatic heterocycles. The molecule has 2 N–H and O–H groups in total. The summed E-state index contributed by atoms with van der Waals surface area (Å²) in [6.07, 6.45) is 0.342. The molecule has 0 saturated carbocycles. The summed E-state index contributed by atoms with van der Waals surface area (Å²) in [5.41, 5.74) is 4.99. The van der Waals surface area contributed by atoms with Crippen LogP contribution < -0.4 is 0 Å². The first kappa shape index (κ1) is 30.3. The molecule has 0 bridgehead atoms. The molecule has 0 spiro atoms. The van der Waals surface area contributed by atoms with Crippen LogP contribution in [0, 0.1) is 17.7 Å². The SMILES string of the molecule is CC(O)C(c1ccc(-n2c3ccccc3c3ccccc32)cc1)C(C)O.Fc1c[c-]c(-c2ccccn2)c(F)c1.[Pt]. The molecule has 41 heavy (non-hydrogen) atoms. The van der Waals surface area contributed by atoms with Crippen molar-refractivity contribution in [1.82, 2.24) is 9.55 Å². The largest absolute Gasteiger partial charge is 0.393 e. The molecule has 0 fully saturated rings. The number of benzene rings is 4. The minimum absolute atomic E-state index is 0. The van der Waals surface area contributed by atoms with E-state index >= 15 is 0 Å². The number of aliphatic hydroxyl groups excluding tert-OH is 2. The molecule has 6 rings (SSSR count). The van der Waals surface area contributed by atoms with Crippen molar-refractivity contribution >= 4 is 21.8 Å². The number of nitrogens with zero attached hydrogens (tertiary/aromatic N) is 2. The van der Waals surface area contributed by atoms with E-state index in [-0.39, 0.29) is 32.5 Å². The molecule has 212 valence electrons. The Morgan fingerprint density at radius 1 is 0.756 bits per heavy atom. The Labute approximate surface area is 252 Å². The van der Waals surface area contributed by atoms with Crippen LogP contribution in [0.15, 0.2) is 109 Å². The topological polar surface area (TPSA) is 58.3 Å². The van der Waals surface area contributed by atoms with E-state index < -0.39 is 23.8 Å². The van der Waals surface area contributed by atoms with E-state index in [0.717, 1.165) is 23.4 Å². The number of aromatic nitrogens is 2. The van der Waals surface area contributed by atoms with Gasteiger partial charge in [-0.2, -0.15) is 0 Å². The Morgan fingerprint density at radius 2 is 1.32 bits per heavy atom. The van der Waals surface area contributed by atoms with Gasteiger partial charge in [0.1, 0.15) is 0 Å². The fourth-order valence-corrected chi connectivity index (χ4v) is 5.16. The fraction of sp³-hybridized carbons (Fsp3) is 0.147. The van der Waals surface area contributed by atoms with Gasteiger partial charge < -0.3 is 19.8 Å². The van der Waals surface area contributed by atoms with Gasteiger partial charge in [0, 0.05) is 61.3 Å². The van der Waals surface area contributed by atoms with Crippen molar-refractivity contribution in [2.75, 3.05) is 0 Å². The predicted octanol–water partition coefficient (Wildman–Crippen LogP) is 7.45. The number of rotatable bonds is 5. The molecule has 2 atom stereocenters. The molecule has 0 radical (unpaired) electrons. The Morgan fingerprint density at radius 3 is 1.83 bits per heavy atom. The molecular weight excluding hydrogens is 701 g/mol. The molecule has 2 aromatic heterocycles. The molecule has 2 unspecified atom stereocenters. The smallest absolute Gasteiger partial charge is 0.0605 e. The van der Waals surface area contributed by atoms with Gasteiger partial charge in [0.05, 0.1) is 23.2 Å². The summed E-state index contributed by atoms with van der Waals surface area (Å²) >= 11 is 0. The van der Waals surface area contributed by atoms with Gasteiger partial charge in [-0.15, -0.1) is 12.1 Å². The zero-order valence-corrected chi connectivity index (χ0v) is 24.8. The van der Waals surface area contributed by atoms with Crippen molar-refractivity contribution < 1.29 is 40.1 Å². The molecule has 0 aliphatic rings. The Bertz CT molecular complexity index is 1670. The molecule has 7 heteroatoms. The third kappa shape index (κ3) is 6.46. The van der Waals surface area contributed by atoms with Crippen LogP contribution >= 0.6 is 0 Å². The van der Waals surface area contributed by atoms with Crippen molar-refractivity contribution in [3.8, 4) is 16.9 Å². The monoisotopic (exact) mass is 730 g/mol. The second-order valence-electron chi connectivity index (χ2n) is 9.72. The summed E-state index contributed by atoms with van der Waals surface area (Å²) in [5.74, 6) is -1.58. The van der Waals surface area contributed by atoms with Crippen LogP contribution in [0.25, 0.3) is 38.8 Å². The summed E-state index contributed by atoms with van der Waals surface area (Å²) in [4.78, 5) is 3.95. The number of halogens is 2. The first-order valence-electron chi connectivity index (χ1n) is 13.1. The number of hydrogen-bond acceptors (Lipinski definition) is 3. The Kier molecular flexibility index (Phi) is 9.82. The summed E-state index contributed by atoms with van der Waals surface area (Å²) in [6.45, 7) is 3.44. The number of aliphatic hydroxyl groups is 2. The van der Waals surface area contributed by atoms with Crippen molar-refractivity contribution in [3.05, 3.63) is 133 Å². The van der Waals surface area contributed by atoms with Gasteiger partial charge >= 0.3 is 0 Å². The van der Waals surface area contributed by atoms with E-state index in [1.54, 1.807) is 38.2 Å². The van der Waals surface area contributed by atoms with E-state index in [1.807, 2.05) is 12.1 Å². The normalized spacial score (nSPS) is 13.1. The summed E-state index contributed by atoms with van der Waals surface area (Å²) < 4.78 is 28.1. The van der Waals surface area contributed by atoms with E-state index in [0.29, 0.717) is 5.69 Å². The van der Waals surface area contributed by atoms with Gasteiger partial charge in [-0.3, -0.25) is 8.78 Å². The molecule has 4 nitrogen and oxygen atoms in total. The first-order chi connectivity index (χ1) is 19.3. The maximum Gasteiger partial charge on any atom is 0.0605 e. The van der Waals surface area contributed by atoms with Gasteiger partial charge in [0.25, 0.3) is 0 Å². The maximum absolute atomic E-state index is 13.2. The van der Waals surface area contributed by atoms with Crippen LogP contribution in [-0.2, 0) is 21.1 Å². The van der Waals surface area contributed by atoms with Crippen molar-refractivity contribution in [2.45, 2.75) is 32.0 Å². The van der Waals surface area contributed by atoms with Crippen LogP contribution in [0.5, 0.6) is 0 Å².